The Morgan fingerprint density at radius 1 is 1.30 bits per heavy atom. The summed E-state index contributed by atoms with van der Waals surface area (Å²) < 4.78 is 2.10. The van der Waals surface area contributed by atoms with Gasteiger partial charge in [0.1, 0.15) is 0 Å². The van der Waals surface area contributed by atoms with E-state index in [2.05, 4.69) is 49.7 Å². The molecule has 0 aliphatic heterocycles. The maximum atomic E-state index is 6.53. The highest BCUT2D eigenvalue weighted by atomic mass is 35.5. The fourth-order valence-corrected chi connectivity index (χ4v) is 2.92. The lowest BCUT2D eigenvalue weighted by molar-refractivity contribution is 0.351. The molecule has 1 aliphatic carbocycles. The molecule has 1 saturated carbocycles. The number of nitrogens with one attached hydrogen (secondary N) is 1. The minimum atomic E-state index is 0.180. The van der Waals surface area contributed by atoms with Crippen LogP contribution in [0.1, 0.15) is 58.8 Å². The van der Waals surface area contributed by atoms with E-state index in [9.17, 15) is 0 Å². The van der Waals surface area contributed by atoms with Gasteiger partial charge in [0.2, 0.25) is 0 Å². The third-order valence-corrected chi connectivity index (χ3v) is 4.62. The lowest BCUT2D eigenvalue weighted by atomic mass is 9.97. The Balaban J connectivity index is 2.11. The highest BCUT2D eigenvalue weighted by Crippen LogP contribution is 2.49. The fourth-order valence-electron chi connectivity index (χ4n) is 2.59. The van der Waals surface area contributed by atoms with Gasteiger partial charge in [-0.25, -0.2) is 0 Å². The Kier molecular flexibility index (Phi) is 4.50. The maximum absolute atomic E-state index is 6.53. The molecule has 0 bridgehead atoms. The van der Waals surface area contributed by atoms with Gasteiger partial charge >= 0.3 is 0 Å². The van der Waals surface area contributed by atoms with Gasteiger partial charge in [0.05, 0.1) is 16.4 Å². The summed E-state index contributed by atoms with van der Waals surface area (Å²) >= 11 is 6.53. The zero-order valence-electron chi connectivity index (χ0n) is 13.5. The summed E-state index contributed by atoms with van der Waals surface area (Å²) in [5.41, 5.74) is 2.86. The predicted octanol–water partition coefficient (Wildman–Crippen LogP) is 3.83. The zero-order valence-corrected chi connectivity index (χ0v) is 14.3. The van der Waals surface area contributed by atoms with Gasteiger partial charge in [-0.1, -0.05) is 18.5 Å². The molecule has 0 amide bonds. The van der Waals surface area contributed by atoms with Gasteiger partial charge in [-0.2, -0.15) is 5.10 Å². The summed E-state index contributed by atoms with van der Waals surface area (Å²) in [5.74, 6) is 0. The Morgan fingerprint density at radius 2 is 1.95 bits per heavy atom. The van der Waals surface area contributed by atoms with Crippen LogP contribution in [0, 0.1) is 5.41 Å². The van der Waals surface area contributed by atoms with E-state index < -0.39 is 0 Å². The van der Waals surface area contributed by atoms with Crippen molar-refractivity contribution < 1.29 is 0 Å². The van der Waals surface area contributed by atoms with Crippen LogP contribution in [-0.4, -0.2) is 21.9 Å². The van der Waals surface area contributed by atoms with E-state index in [1.807, 2.05) is 0 Å². The number of nitrogens with zero attached hydrogens (tertiary/aromatic N) is 2. The minimum absolute atomic E-state index is 0.180. The van der Waals surface area contributed by atoms with Crippen molar-refractivity contribution in [3.63, 3.8) is 0 Å². The number of aromatic nitrogens is 2. The van der Waals surface area contributed by atoms with Crippen molar-refractivity contribution in [1.82, 2.24) is 15.1 Å². The van der Waals surface area contributed by atoms with Crippen molar-refractivity contribution >= 4 is 11.6 Å². The molecule has 114 valence electrons. The van der Waals surface area contributed by atoms with E-state index in [0.29, 0.717) is 5.41 Å². The van der Waals surface area contributed by atoms with Crippen LogP contribution >= 0.6 is 11.6 Å². The van der Waals surface area contributed by atoms with E-state index in [0.717, 1.165) is 36.6 Å². The number of halogens is 1. The van der Waals surface area contributed by atoms with Crippen molar-refractivity contribution in [2.75, 3.05) is 6.54 Å². The van der Waals surface area contributed by atoms with Crippen molar-refractivity contribution in [2.45, 2.75) is 72.4 Å². The van der Waals surface area contributed by atoms with Crippen molar-refractivity contribution in [3.05, 3.63) is 16.4 Å². The monoisotopic (exact) mass is 297 g/mol. The lowest BCUT2D eigenvalue weighted by Crippen LogP contribution is -2.40. The minimum Gasteiger partial charge on any atom is -0.312 e. The van der Waals surface area contributed by atoms with Gasteiger partial charge < -0.3 is 5.32 Å². The molecule has 1 aromatic rings. The summed E-state index contributed by atoms with van der Waals surface area (Å²) in [6.07, 6.45) is 4.55. The number of hydrogen-bond donors (Lipinski definition) is 1. The van der Waals surface area contributed by atoms with Crippen LogP contribution in [0.4, 0.5) is 0 Å². The van der Waals surface area contributed by atoms with Crippen LogP contribution in [0.2, 0.25) is 5.02 Å². The third-order valence-electron chi connectivity index (χ3n) is 4.19. The highest BCUT2D eigenvalue weighted by molar-refractivity contribution is 6.31. The average Bonchev–Trinajstić information content (AvgIpc) is 3.08. The van der Waals surface area contributed by atoms with Crippen molar-refractivity contribution in [1.29, 1.82) is 0 Å². The van der Waals surface area contributed by atoms with Gasteiger partial charge in [-0.15, -0.1) is 0 Å². The predicted molar refractivity (Wildman–Crippen MR) is 85.4 cm³/mol. The smallest absolute Gasteiger partial charge is 0.0850 e. The Bertz CT molecular complexity index is 467. The molecular weight excluding hydrogens is 270 g/mol. The molecule has 3 nitrogen and oxygen atoms in total. The Morgan fingerprint density at radius 3 is 2.40 bits per heavy atom. The maximum Gasteiger partial charge on any atom is 0.0850 e. The average molecular weight is 298 g/mol. The van der Waals surface area contributed by atoms with Crippen molar-refractivity contribution in [3.8, 4) is 0 Å². The molecule has 0 aromatic carbocycles. The summed E-state index contributed by atoms with van der Waals surface area (Å²) in [4.78, 5) is 0. The molecule has 4 heteroatoms. The third kappa shape index (κ3) is 3.56. The van der Waals surface area contributed by atoms with Crippen LogP contribution in [0.5, 0.6) is 0 Å². The van der Waals surface area contributed by atoms with Gasteiger partial charge in [-0.05, 0) is 58.8 Å². The quantitative estimate of drug-likeness (QED) is 0.865. The first-order chi connectivity index (χ1) is 9.30. The van der Waals surface area contributed by atoms with E-state index >= 15 is 0 Å². The van der Waals surface area contributed by atoms with E-state index in [-0.39, 0.29) is 5.54 Å². The van der Waals surface area contributed by atoms with Crippen LogP contribution in [0.3, 0.4) is 0 Å². The molecule has 1 aliphatic rings. The molecular formula is C16H28ClN3. The molecule has 1 heterocycles. The fraction of sp³-hybridized carbons (Fsp3) is 0.812. The van der Waals surface area contributed by atoms with Gasteiger partial charge in [0.15, 0.2) is 0 Å². The molecule has 0 saturated heterocycles. The van der Waals surface area contributed by atoms with Crippen LogP contribution < -0.4 is 5.32 Å². The molecule has 2 rings (SSSR count). The summed E-state index contributed by atoms with van der Waals surface area (Å²) in [6, 6.07) is 0. The van der Waals surface area contributed by atoms with Gasteiger partial charge in [-0.3, -0.25) is 4.68 Å². The molecule has 1 aromatic heterocycles. The van der Waals surface area contributed by atoms with E-state index in [1.54, 1.807) is 0 Å². The van der Waals surface area contributed by atoms with Gasteiger partial charge in [0, 0.05) is 18.6 Å². The lowest BCUT2D eigenvalue weighted by Gasteiger charge is -2.25. The second kappa shape index (κ2) is 5.69. The highest BCUT2D eigenvalue weighted by Gasteiger charge is 2.44. The molecule has 0 radical (unpaired) electrons. The van der Waals surface area contributed by atoms with E-state index in [4.69, 9.17) is 11.6 Å². The first-order valence-corrected chi connectivity index (χ1v) is 8.17. The topological polar surface area (TPSA) is 29.9 Å². The SMILES string of the molecule is CCc1nn(CC)c(CC2(CNC(C)(C)C)CC2)c1Cl. The standard InChI is InChI=1S/C16H28ClN3/c1-6-12-14(17)13(20(7-2)19-12)10-16(8-9-16)11-18-15(3,4)5/h18H,6-11H2,1-5H3. The van der Waals surface area contributed by atoms with Crippen molar-refractivity contribution in [2.24, 2.45) is 5.41 Å². The first-order valence-electron chi connectivity index (χ1n) is 7.79. The summed E-state index contributed by atoms with van der Waals surface area (Å²) in [6.45, 7) is 12.9. The Hall–Kier alpha value is -0.540. The Labute approximate surface area is 128 Å². The van der Waals surface area contributed by atoms with E-state index in [1.165, 1.54) is 18.5 Å². The molecule has 1 fully saturated rings. The molecule has 0 atom stereocenters. The first kappa shape index (κ1) is 15.8. The normalized spacial score (nSPS) is 17.5. The zero-order chi connectivity index (χ0) is 15.0. The summed E-state index contributed by atoms with van der Waals surface area (Å²) in [5, 5.41) is 9.18. The molecule has 20 heavy (non-hydrogen) atoms. The van der Waals surface area contributed by atoms with Crippen LogP contribution in [0.25, 0.3) is 0 Å². The van der Waals surface area contributed by atoms with Gasteiger partial charge in [0.25, 0.3) is 0 Å². The number of aryl methyl sites for hydroxylation is 2. The van der Waals surface area contributed by atoms with Crippen LogP contribution in [0.15, 0.2) is 0 Å². The molecule has 0 spiro atoms. The summed E-state index contributed by atoms with van der Waals surface area (Å²) in [7, 11) is 0. The molecule has 0 unspecified atom stereocenters. The second-order valence-electron chi connectivity index (χ2n) is 7.16. The van der Waals surface area contributed by atoms with Crippen LogP contribution in [-0.2, 0) is 19.4 Å². The largest absolute Gasteiger partial charge is 0.312 e. The molecule has 1 N–H and O–H groups in total. The number of rotatable bonds is 6. The second-order valence-corrected chi connectivity index (χ2v) is 7.53. The number of hydrogen-bond acceptors (Lipinski definition) is 2.